The van der Waals surface area contributed by atoms with Gasteiger partial charge in [-0.3, -0.25) is 19.3 Å². The van der Waals surface area contributed by atoms with Crippen LogP contribution in [0.25, 0.3) is 0 Å². The van der Waals surface area contributed by atoms with Gasteiger partial charge < -0.3 is 10.1 Å². The largest absolute Gasteiger partial charge is 0.416 e. The molecule has 6 nitrogen and oxygen atoms in total. The van der Waals surface area contributed by atoms with Gasteiger partial charge in [0.25, 0.3) is 17.7 Å². The molecule has 2 aromatic rings. The SMILES string of the molecule is CC(C)C[C@H](NC(=O)c1ccc(C(F)(F)F)cc1)C(=O)N(C(=O)c1ccc(F)c(F)c1)[C@H](C=O)CC(C)C. The van der Waals surface area contributed by atoms with Gasteiger partial charge >= 0.3 is 6.18 Å². The van der Waals surface area contributed by atoms with E-state index < -0.39 is 53.2 Å². The van der Waals surface area contributed by atoms with Gasteiger partial charge in [-0.05, 0) is 67.1 Å². The van der Waals surface area contributed by atoms with Gasteiger partial charge in [-0.25, -0.2) is 8.78 Å². The van der Waals surface area contributed by atoms with Gasteiger partial charge in [-0.2, -0.15) is 13.2 Å². The highest BCUT2D eigenvalue weighted by atomic mass is 19.4. The lowest BCUT2D eigenvalue weighted by molar-refractivity contribution is -0.137. The number of benzene rings is 2. The van der Waals surface area contributed by atoms with Crippen LogP contribution in [0.1, 0.15) is 66.8 Å². The number of imide groups is 1. The number of hydrogen-bond donors (Lipinski definition) is 1. The standard InChI is InChI=1S/C27H29F5N2O4/c1-15(2)11-20(14-35)34(25(37)18-7-10-21(28)22(29)13-18)26(38)23(12-16(3)4)33-24(36)17-5-8-19(9-6-17)27(30,31)32/h5-10,13-16,20,23H,11-12H2,1-4H3,(H,33,36)/t20-,23-/m0/s1. The summed E-state index contributed by atoms with van der Waals surface area (Å²) in [6.07, 6.45) is -4.14. The van der Waals surface area contributed by atoms with E-state index >= 15 is 0 Å². The molecule has 0 aliphatic heterocycles. The minimum atomic E-state index is -4.61. The molecule has 11 heteroatoms. The van der Waals surface area contributed by atoms with E-state index in [0.29, 0.717) is 23.3 Å². The number of nitrogens with zero attached hydrogens (tertiary/aromatic N) is 1. The van der Waals surface area contributed by atoms with Crippen LogP contribution in [0, 0.1) is 23.5 Å². The number of carbonyl (C=O) groups excluding carboxylic acids is 4. The van der Waals surface area contributed by atoms with E-state index in [1.54, 1.807) is 27.7 Å². The zero-order valence-electron chi connectivity index (χ0n) is 21.3. The highest BCUT2D eigenvalue weighted by Crippen LogP contribution is 2.29. The third kappa shape index (κ3) is 7.93. The molecule has 0 heterocycles. The van der Waals surface area contributed by atoms with E-state index in [1.165, 1.54) is 0 Å². The number of carbonyl (C=O) groups is 4. The average Bonchev–Trinajstić information content (AvgIpc) is 2.83. The molecule has 1 N–H and O–H groups in total. The van der Waals surface area contributed by atoms with Crippen molar-refractivity contribution in [3.8, 4) is 0 Å². The molecule has 3 amide bonds. The first-order chi connectivity index (χ1) is 17.6. The fourth-order valence-electron chi connectivity index (χ4n) is 3.80. The summed E-state index contributed by atoms with van der Waals surface area (Å²) in [5.41, 5.74) is -1.51. The Morgan fingerprint density at radius 1 is 0.868 bits per heavy atom. The third-order valence-corrected chi connectivity index (χ3v) is 5.61. The van der Waals surface area contributed by atoms with Crippen molar-refractivity contribution in [3.05, 3.63) is 70.8 Å². The van der Waals surface area contributed by atoms with Crippen LogP contribution in [-0.4, -0.2) is 41.0 Å². The van der Waals surface area contributed by atoms with Crippen LogP contribution in [0.2, 0.25) is 0 Å². The average molecular weight is 541 g/mol. The van der Waals surface area contributed by atoms with E-state index in [4.69, 9.17) is 0 Å². The Balaban J connectivity index is 2.46. The van der Waals surface area contributed by atoms with E-state index in [9.17, 15) is 41.1 Å². The Morgan fingerprint density at radius 3 is 1.89 bits per heavy atom. The summed E-state index contributed by atoms with van der Waals surface area (Å²) in [6.45, 7) is 6.97. The molecule has 0 fully saturated rings. The second-order valence-electron chi connectivity index (χ2n) is 9.71. The first-order valence-electron chi connectivity index (χ1n) is 11.9. The van der Waals surface area contributed by atoms with Crippen LogP contribution in [0.4, 0.5) is 22.0 Å². The van der Waals surface area contributed by atoms with Gasteiger partial charge in [0, 0.05) is 11.1 Å². The van der Waals surface area contributed by atoms with Crippen molar-refractivity contribution < 1.29 is 41.1 Å². The molecule has 0 saturated heterocycles. The molecule has 38 heavy (non-hydrogen) atoms. The zero-order valence-corrected chi connectivity index (χ0v) is 21.3. The number of hydrogen-bond acceptors (Lipinski definition) is 4. The van der Waals surface area contributed by atoms with Gasteiger partial charge in [0.05, 0.1) is 11.6 Å². The van der Waals surface area contributed by atoms with Gasteiger partial charge in [-0.15, -0.1) is 0 Å². The van der Waals surface area contributed by atoms with Gasteiger partial charge in [-0.1, -0.05) is 27.7 Å². The molecule has 0 radical (unpaired) electrons. The molecule has 0 aliphatic rings. The predicted molar refractivity (Wildman–Crippen MR) is 129 cm³/mol. The van der Waals surface area contributed by atoms with Crippen LogP contribution in [-0.2, 0) is 15.8 Å². The van der Waals surface area contributed by atoms with Crippen LogP contribution < -0.4 is 5.32 Å². The molecule has 206 valence electrons. The fraction of sp³-hybridized carbons (Fsp3) is 0.407. The summed E-state index contributed by atoms with van der Waals surface area (Å²) in [7, 11) is 0. The van der Waals surface area contributed by atoms with Crippen molar-refractivity contribution in [2.45, 2.75) is 58.8 Å². The number of nitrogens with one attached hydrogen (secondary N) is 1. The van der Waals surface area contributed by atoms with Gasteiger partial charge in [0.15, 0.2) is 11.6 Å². The highest BCUT2D eigenvalue weighted by molar-refractivity contribution is 6.09. The summed E-state index contributed by atoms with van der Waals surface area (Å²) >= 11 is 0. The smallest absolute Gasteiger partial charge is 0.340 e. The zero-order chi connectivity index (χ0) is 28.8. The van der Waals surface area contributed by atoms with Gasteiger partial charge in [0.1, 0.15) is 12.3 Å². The number of amides is 3. The summed E-state index contributed by atoms with van der Waals surface area (Å²) in [6, 6.07) is 3.00. The van der Waals surface area contributed by atoms with E-state index in [2.05, 4.69) is 5.32 Å². The maximum Gasteiger partial charge on any atom is 0.416 e. The minimum Gasteiger partial charge on any atom is -0.340 e. The van der Waals surface area contributed by atoms with Crippen molar-refractivity contribution in [3.63, 3.8) is 0 Å². The van der Waals surface area contributed by atoms with Crippen molar-refractivity contribution in [2.75, 3.05) is 0 Å². The van der Waals surface area contributed by atoms with Crippen molar-refractivity contribution in [1.82, 2.24) is 10.2 Å². The van der Waals surface area contributed by atoms with Crippen molar-refractivity contribution in [1.29, 1.82) is 0 Å². The van der Waals surface area contributed by atoms with Crippen LogP contribution >= 0.6 is 0 Å². The maximum atomic E-state index is 13.9. The van der Waals surface area contributed by atoms with Crippen molar-refractivity contribution in [2.24, 2.45) is 11.8 Å². The summed E-state index contributed by atoms with van der Waals surface area (Å²) in [4.78, 5) is 52.5. The minimum absolute atomic E-state index is 0.0139. The molecule has 2 aromatic carbocycles. The number of halogens is 5. The quantitative estimate of drug-likeness (QED) is 0.323. The molecule has 0 aliphatic carbocycles. The van der Waals surface area contributed by atoms with E-state index in [-0.39, 0.29) is 35.8 Å². The first kappa shape index (κ1) is 30.6. The number of rotatable bonds is 10. The lowest BCUT2D eigenvalue weighted by Crippen LogP contribution is -2.55. The molecular weight excluding hydrogens is 511 g/mol. The van der Waals surface area contributed by atoms with Crippen LogP contribution in [0.3, 0.4) is 0 Å². The lowest BCUT2D eigenvalue weighted by atomic mass is 9.98. The molecule has 2 atom stereocenters. The Kier molecular flexibility index (Phi) is 10.3. The predicted octanol–water partition coefficient (Wildman–Crippen LogP) is 5.41. The molecule has 0 bridgehead atoms. The highest BCUT2D eigenvalue weighted by Gasteiger charge is 2.37. The maximum absolute atomic E-state index is 13.9. The summed E-state index contributed by atoms with van der Waals surface area (Å²) < 4.78 is 65.9. The molecule has 0 saturated carbocycles. The van der Waals surface area contributed by atoms with Gasteiger partial charge in [0.2, 0.25) is 0 Å². The summed E-state index contributed by atoms with van der Waals surface area (Å²) in [5.74, 6) is -5.79. The summed E-state index contributed by atoms with van der Waals surface area (Å²) in [5, 5.41) is 2.45. The Morgan fingerprint density at radius 2 is 1.42 bits per heavy atom. The second-order valence-corrected chi connectivity index (χ2v) is 9.71. The molecular formula is C27H29F5N2O4. The molecule has 0 aromatic heterocycles. The first-order valence-corrected chi connectivity index (χ1v) is 11.9. The third-order valence-electron chi connectivity index (χ3n) is 5.61. The number of alkyl halides is 3. The molecule has 0 spiro atoms. The molecule has 2 rings (SSSR count). The second kappa shape index (κ2) is 12.7. The van der Waals surface area contributed by atoms with Crippen LogP contribution in [0.5, 0.6) is 0 Å². The van der Waals surface area contributed by atoms with Crippen molar-refractivity contribution >= 4 is 24.0 Å². The monoisotopic (exact) mass is 540 g/mol. The number of aldehydes is 1. The Hall–Kier alpha value is -3.63. The fourth-order valence-corrected chi connectivity index (χ4v) is 3.80. The topological polar surface area (TPSA) is 83.6 Å². The lowest BCUT2D eigenvalue weighted by Gasteiger charge is -2.32. The molecule has 0 unspecified atom stereocenters. The van der Waals surface area contributed by atoms with E-state index in [0.717, 1.165) is 30.3 Å². The normalized spacial score (nSPS) is 13.2. The van der Waals surface area contributed by atoms with E-state index in [1.807, 2.05) is 0 Å². The van der Waals surface area contributed by atoms with Crippen LogP contribution in [0.15, 0.2) is 42.5 Å². The Labute approximate surface area is 217 Å². The Bertz CT molecular complexity index is 1160.